The van der Waals surface area contributed by atoms with Gasteiger partial charge in [0.2, 0.25) is 0 Å². The highest BCUT2D eigenvalue weighted by atomic mass is 16.4. The van der Waals surface area contributed by atoms with Crippen LogP contribution in [0.1, 0.15) is 58.3 Å². The van der Waals surface area contributed by atoms with E-state index >= 15 is 0 Å². The third-order valence-electron chi connectivity index (χ3n) is 4.12. The lowest BCUT2D eigenvalue weighted by atomic mass is 9.89. The van der Waals surface area contributed by atoms with Crippen molar-refractivity contribution in [1.82, 2.24) is 0 Å². The Balaban J connectivity index is 2.38. The zero-order chi connectivity index (χ0) is 16.4. The molecule has 0 saturated carbocycles. The lowest BCUT2D eigenvalue weighted by molar-refractivity contribution is -0.137. The number of aliphatic carboxylic acids is 1. The molecule has 4 nitrogen and oxygen atoms in total. The molecule has 124 valence electrons. The van der Waals surface area contributed by atoms with Crippen molar-refractivity contribution in [3.8, 4) is 0 Å². The second kappa shape index (κ2) is 10.3. The SMILES string of the molecule is CCCCC[C@H](O)/C=C/[C@H]1C(=O)C=C[C@@H]1CCCCC(=O)O. The van der Waals surface area contributed by atoms with Gasteiger partial charge in [0.05, 0.1) is 6.10 Å². The topological polar surface area (TPSA) is 74.6 Å². The van der Waals surface area contributed by atoms with Gasteiger partial charge in [-0.3, -0.25) is 9.59 Å². The number of unbranched alkanes of at least 4 members (excludes halogenated alkanes) is 3. The first-order valence-electron chi connectivity index (χ1n) is 8.34. The molecule has 22 heavy (non-hydrogen) atoms. The highest BCUT2D eigenvalue weighted by Crippen LogP contribution is 2.28. The normalized spacial score (nSPS) is 22.5. The summed E-state index contributed by atoms with van der Waals surface area (Å²) in [6.45, 7) is 2.13. The predicted molar refractivity (Wildman–Crippen MR) is 86.5 cm³/mol. The third kappa shape index (κ3) is 7.03. The second-order valence-electron chi connectivity index (χ2n) is 6.04. The van der Waals surface area contributed by atoms with Crippen molar-refractivity contribution < 1.29 is 19.8 Å². The molecule has 0 aromatic rings. The van der Waals surface area contributed by atoms with E-state index in [1.165, 1.54) is 0 Å². The maximum absolute atomic E-state index is 11.9. The van der Waals surface area contributed by atoms with E-state index in [1.807, 2.05) is 12.2 Å². The Bertz CT molecular complexity index is 411. The Morgan fingerprint density at radius 2 is 2.09 bits per heavy atom. The van der Waals surface area contributed by atoms with Gasteiger partial charge in [0.15, 0.2) is 5.78 Å². The van der Waals surface area contributed by atoms with Gasteiger partial charge in [0.25, 0.3) is 0 Å². The van der Waals surface area contributed by atoms with Gasteiger partial charge in [0.1, 0.15) is 0 Å². The van der Waals surface area contributed by atoms with Gasteiger partial charge in [-0.25, -0.2) is 0 Å². The third-order valence-corrected chi connectivity index (χ3v) is 4.12. The quantitative estimate of drug-likeness (QED) is 0.452. The number of hydrogen-bond acceptors (Lipinski definition) is 3. The molecule has 1 rings (SSSR count). The molecule has 1 aliphatic rings. The Morgan fingerprint density at radius 1 is 1.32 bits per heavy atom. The van der Waals surface area contributed by atoms with Gasteiger partial charge >= 0.3 is 5.97 Å². The standard InChI is InChI=1S/C18H28O4/c1-2-3-4-8-15(19)11-12-16-14(10-13-17(16)20)7-5-6-9-18(21)22/h10-16,19H,2-9H2,1H3,(H,21,22)/b12-11+/t14-,15-,16+/m0/s1. The summed E-state index contributed by atoms with van der Waals surface area (Å²) < 4.78 is 0. The number of aliphatic hydroxyl groups is 1. The van der Waals surface area contributed by atoms with Crippen LogP contribution >= 0.6 is 0 Å². The number of carboxylic acid groups (broad SMARTS) is 1. The fraction of sp³-hybridized carbons (Fsp3) is 0.667. The maximum atomic E-state index is 11.9. The van der Waals surface area contributed by atoms with Gasteiger partial charge in [-0.05, 0) is 31.3 Å². The summed E-state index contributed by atoms with van der Waals surface area (Å²) >= 11 is 0. The number of hydrogen-bond donors (Lipinski definition) is 2. The van der Waals surface area contributed by atoms with Crippen LogP contribution in [0, 0.1) is 11.8 Å². The summed E-state index contributed by atoms with van der Waals surface area (Å²) in [5.41, 5.74) is 0. The molecule has 0 spiro atoms. The molecule has 0 saturated heterocycles. The van der Waals surface area contributed by atoms with Crippen LogP contribution in [0.2, 0.25) is 0 Å². The largest absolute Gasteiger partial charge is 0.481 e. The molecule has 0 aliphatic heterocycles. The fourth-order valence-electron chi connectivity index (χ4n) is 2.78. The number of carbonyl (C=O) groups excluding carboxylic acids is 1. The average Bonchev–Trinajstić information content (AvgIpc) is 2.82. The van der Waals surface area contributed by atoms with Gasteiger partial charge in [0, 0.05) is 12.3 Å². The van der Waals surface area contributed by atoms with Crippen LogP contribution in [0.15, 0.2) is 24.3 Å². The van der Waals surface area contributed by atoms with Crippen molar-refractivity contribution in [3.63, 3.8) is 0 Å². The van der Waals surface area contributed by atoms with Crippen LogP contribution in [-0.4, -0.2) is 28.1 Å². The summed E-state index contributed by atoms with van der Waals surface area (Å²) in [4.78, 5) is 22.4. The van der Waals surface area contributed by atoms with Crippen LogP contribution in [0.3, 0.4) is 0 Å². The second-order valence-corrected chi connectivity index (χ2v) is 6.04. The molecular formula is C18H28O4. The van der Waals surface area contributed by atoms with Gasteiger partial charge < -0.3 is 10.2 Å². The van der Waals surface area contributed by atoms with Gasteiger partial charge in [-0.1, -0.05) is 50.8 Å². The summed E-state index contributed by atoms with van der Waals surface area (Å²) in [6.07, 6.45) is 13.0. The Hall–Kier alpha value is -1.42. The molecule has 0 unspecified atom stereocenters. The molecular weight excluding hydrogens is 280 g/mol. The average molecular weight is 308 g/mol. The lowest BCUT2D eigenvalue weighted by Crippen LogP contribution is -2.14. The molecule has 0 amide bonds. The van der Waals surface area contributed by atoms with E-state index in [9.17, 15) is 14.7 Å². The molecule has 1 aliphatic carbocycles. The zero-order valence-corrected chi connectivity index (χ0v) is 13.4. The number of carbonyl (C=O) groups is 2. The first kappa shape index (κ1) is 18.6. The Morgan fingerprint density at radius 3 is 2.77 bits per heavy atom. The van der Waals surface area contributed by atoms with Crippen LogP contribution in [0.4, 0.5) is 0 Å². The summed E-state index contributed by atoms with van der Waals surface area (Å²) in [7, 11) is 0. The molecule has 0 aromatic carbocycles. The Kier molecular flexibility index (Phi) is 8.75. The van der Waals surface area contributed by atoms with Crippen molar-refractivity contribution in [2.75, 3.05) is 0 Å². The minimum absolute atomic E-state index is 0.0836. The first-order chi connectivity index (χ1) is 10.5. The molecule has 0 heterocycles. The lowest BCUT2D eigenvalue weighted by Gasteiger charge is -2.15. The minimum atomic E-state index is -0.773. The van der Waals surface area contributed by atoms with Crippen LogP contribution in [0.5, 0.6) is 0 Å². The molecule has 0 fully saturated rings. The summed E-state index contributed by atoms with van der Waals surface area (Å²) in [6, 6.07) is 0. The van der Waals surface area contributed by atoms with E-state index in [0.29, 0.717) is 6.42 Å². The maximum Gasteiger partial charge on any atom is 0.303 e. The van der Waals surface area contributed by atoms with Gasteiger partial charge in [-0.15, -0.1) is 0 Å². The summed E-state index contributed by atoms with van der Waals surface area (Å²) in [5.74, 6) is -0.740. The summed E-state index contributed by atoms with van der Waals surface area (Å²) in [5, 5.41) is 18.5. The van der Waals surface area contributed by atoms with Crippen LogP contribution in [-0.2, 0) is 9.59 Å². The van der Waals surface area contributed by atoms with Crippen molar-refractivity contribution in [3.05, 3.63) is 24.3 Å². The molecule has 0 radical (unpaired) electrons. The molecule has 2 N–H and O–H groups in total. The number of carboxylic acids is 1. The highest BCUT2D eigenvalue weighted by molar-refractivity contribution is 5.95. The van der Waals surface area contributed by atoms with E-state index in [1.54, 1.807) is 12.2 Å². The van der Waals surface area contributed by atoms with Gasteiger partial charge in [-0.2, -0.15) is 0 Å². The number of allylic oxidation sites excluding steroid dienone is 3. The molecule has 0 bridgehead atoms. The van der Waals surface area contributed by atoms with E-state index in [2.05, 4.69) is 6.92 Å². The first-order valence-corrected chi connectivity index (χ1v) is 8.34. The fourth-order valence-corrected chi connectivity index (χ4v) is 2.78. The number of aliphatic hydroxyl groups excluding tert-OH is 1. The molecule has 4 heteroatoms. The smallest absolute Gasteiger partial charge is 0.303 e. The van der Waals surface area contributed by atoms with E-state index < -0.39 is 12.1 Å². The van der Waals surface area contributed by atoms with E-state index in [-0.39, 0.29) is 24.0 Å². The monoisotopic (exact) mass is 308 g/mol. The predicted octanol–water partition coefficient (Wildman–Crippen LogP) is 3.50. The van der Waals surface area contributed by atoms with Crippen molar-refractivity contribution in [2.45, 2.75) is 64.4 Å². The zero-order valence-electron chi connectivity index (χ0n) is 13.4. The van der Waals surface area contributed by atoms with Crippen LogP contribution < -0.4 is 0 Å². The van der Waals surface area contributed by atoms with Crippen molar-refractivity contribution in [1.29, 1.82) is 0 Å². The Labute approximate surface area is 132 Å². The van der Waals surface area contributed by atoms with E-state index in [0.717, 1.165) is 38.5 Å². The highest BCUT2D eigenvalue weighted by Gasteiger charge is 2.27. The van der Waals surface area contributed by atoms with Crippen molar-refractivity contribution in [2.24, 2.45) is 11.8 Å². The molecule has 3 atom stereocenters. The molecule has 0 aromatic heterocycles. The van der Waals surface area contributed by atoms with Crippen molar-refractivity contribution >= 4 is 11.8 Å². The minimum Gasteiger partial charge on any atom is -0.481 e. The number of ketones is 1. The van der Waals surface area contributed by atoms with Crippen LogP contribution in [0.25, 0.3) is 0 Å². The number of rotatable bonds is 11. The van der Waals surface area contributed by atoms with E-state index in [4.69, 9.17) is 5.11 Å².